The Kier molecular flexibility index (Phi) is 4.17. The van der Waals surface area contributed by atoms with Gasteiger partial charge in [0.15, 0.2) is 0 Å². The van der Waals surface area contributed by atoms with Gasteiger partial charge in [0.05, 0.1) is 17.2 Å². The van der Waals surface area contributed by atoms with E-state index < -0.39 is 0 Å². The molecule has 0 aliphatic carbocycles. The highest BCUT2D eigenvalue weighted by Crippen LogP contribution is 2.23. The van der Waals surface area contributed by atoms with Crippen LogP contribution in [-0.2, 0) is 6.54 Å². The molecule has 2 heterocycles. The first-order chi connectivity index (χ1) is 8.15. The zero-order valence-corrected chi connectivity index (χ0v) is 12.5. The van der Waals surface area contributed by atoms with Crippen LogP contribution in [-0.4, -0.2) is 21.3 Å². The monoisotopic (exact) mass is 358 g/mol. The summed E-state index contributed by atoms with van der Waals surface area (Å²) in [5, 5.41) is 7.48. The lowest BCUT2D eigenvalue weighted by molar-refractivity contribution is 0.636. The van der Waals surface area contributed by atoms with Crippen molar-refractivity contribution in [1.82, 2.24) is 14.8 Å². The van der Waals surface area contributed by atoms with Crippen LogP contribution in [0, 0.1) is 6.92 Å². The van der Waals surface area contributed by atoms with Crippen molar-refractivity contribution in [2.75, 3.05) is 11.9 Å². The van der Waals surface area contributed by atoms with E-state index in [0.717, 1.165) is 27.9 Å². The maximum absolute atomic E-state index is 4.28. The summed E-state index contributed by atoms with van der Waals surface area (Å²) in [5.41, 5.74) is 1.17. The number of hydrogen-bond acceptors (Lipinski definition) is 3. The summed E-state index contributed by atoms with van der Waals surface area (Å²) in [6.07, 6.45) is 5.64. The molecule has 0 amide bonds. The van der Waals surface area contributed by atoms with Crippen molar-refractivity contribution in [1.29, 1.82) is 0 Å². The quantitative estimate of drug-likeness (QED) is 0.911. The summed E-state index contributed by atoms with van der Waals surface area (Å²) in [6.45, 7) is 3.64. The highest BCUT2D eigenvalue weighted by atomic mass is 79.9. The standard InChI is InChI=1S/C11H12Br2N4/c1-8-5-16-17(7-8)3-2-14-11-10(13)4-9(12)6-15-11/h4-7H,2-3H2,1H3,(H,14,15). The normalized spacial score (nSPS) is 10.5. The highest BCUT2D eigenvalue weighted by Gasteiger charge is 2.01. The number of nitrogens with one attached hydrogen (secondary N) is 1. The maximum atomic E-state index is 4.28. The van der Waals surface area contributed by atoms with Crippen molar-refractivity contribution < 1.29 is 0 Å². The molecule has 0 unspecified atom stereocenters. The number of aromatic nitrogens is 3. The summed E-state index contributed by atoms with van der Waals surface area (Å²) in [4.78, 5) is 4.28. The van der Waals surface area contributed by atoms with E-state index in [1.54, 1.807) is 6.20 Å². The number of aryl methyl sites for hydroxylation is 1. The molecule has 0 saturated carbocycles. The predicted molar refractivity (Wildman–Crippen MR) is 75.1 cm³/mol. The number of halogens is 2. The van der Waals surface area contributed by atoms with Crippen LogP contribution >= 0.6 is 31.9 Å². The van der Waals surface area contributed by atoms with Crippen molar-refractivity contribution in [3.63, 3.8) is 0 Å². The Morgan fingerprint density at radius 1 is 1.35 bits per heavy atom. The first-order valence-electron chi connectivity index (χ1n) is 5.19. The van der Waals surface area contributed by atoms with Gasteiger partial charge in [-0.2, -0.15) is 5.10 Å². The molecule has 0 aliphatic rings. The van der Waals surface area contributed by atoms with E-state index in [2.05, 4.69) is 47.3 Å². The molecule has 6 heteroatoms. The Morgan fingerprint density at radius 2 is 2.18 bits per heavy atom. The van der Waals surface area contributed by atoms with E-state index in [-0.39, 0.29) is 0 Å². The van der Waals surface area contributed by atoms with Crippen molar-refractivity contribution >= 4 is 37.7 Å². The molecule has 0 bridgehead atoms. The molecule has 2 aromatic rings. The fraction of sp³-hybridized carbons (Fsp3) is 0.273. The third-order valence-electron chi connectivity index (χ3n) is 2.20. The molecule has 90 valence electrons. The molecule has 0 atom stereocenters. The average molecular weight is 360 g/mol. The summed E-state index contributed by atoms with van der Waals surface area (Å²) in [7, 11) is 0. The summed E-state index contributed by atoms with van der Waals surface area (Å²) >= 11 is 6.83. The minimum absolute atomic E-state index is 0.786. The predicted octanol–water partition coefficient (Wildman–Crippen LogP) is 3.22. The average Bonchev–Trinajstić information content (AvgIpc) is 2.68. The summed E-state index contributed by atoms with van der Waals surface area (Å²) in [6, 6.07) is 1.97. The summed E-state index contributed by atoms with van der Waals surface area (Å²) in [5.74, 6) is 0.845. The fourth-order valence-electron chi connectivity index (χ4n) is 1.42. The van der Waals surface area contributed by atoms with Gasteiger partial charge < -0.3 is 5.32 Å². The van der Waals surface area contributed by atoms with Gasteiger partial charge in [0, 0.05) is 23.4 Å². The second-order valence-electron chi connectivity index (χ2n) is 3.69. The Labute approximate surface area is 117 Å². The van der Waals surface area contributed by atoms with Crippen molar-refractivity contribution in [3.05, 3.63) is 39.2 Å². The van der Waals surface area contributed by atoms with E-state index >= 15 is 0 Å². The number of rotatable bonds is 4. The fourth-order valence-corrected chi connectivity index (χ4v) is 2.55. The van der Waals surface area contributed by atoms with Gasteiger partial charge in [-0.05, 0) is 50.4 Å². The van der Waals surface area contributed by atoms with Crippen molar-refractivity contribution in [2.24, 2.45) is 0 Å². The van der Waals surface area contributed by atoms with Gasteiger partial charge in [0.2, 0.25) is 0 Å². The van der Waals surface area contributed by atoms with Crippen LogP contribution in [0.3, 0.4) is 0 Å². The Hall–Kier alpha value is -0.880. The molecule has 0 fully saturated rings. The molecule has 2 rings (SSSR count). The van der Waals surface area contributed by atoms with E-state index in [1.165, 1.54) is 5.56 Å². The van der Waals surface area contributed by atoms with Gasteiger partial charge in [-0.1, -0.05) is 0 Å². The molecule has 2 aromatic heterocycles. The van der Waals surface area contributed by atoms with Crippen LogP contribution in [0.2, 0.25) is 0 Å². The minimum Gasteiger partial charge on any atom is -0.367 e. The molecule has 4 nitrogen and oxygen atoms in total. The van der Waals surface area contributed by atoms with Crippen molar-refractivity contribution in [2.45, 2.75) is 13.5 Å². The smallest absolute Gasteiger partial charge is 0.140 e. The van der Waals surface area contributed by atoms with Gasteiger partial charge in [-0.15, -0.1) is 0 Å². The first-order valence-corrected chi connectivity index (χ1v) is 6.78. The Morgan fingerprint density at radius 3 is 2.82 bits per heavy atom. The molecule has 0 saturated heterocycles. The van der Waals surface area contributed by atoms with Gasteiger partial charge in [0.25, 0.3) is 0 Å². The van der Waals surface area contributed by atoms with Gasteiger partial charge in [-0.25, -0.2) is 4.98 Å². The van der Waals surface area contributed by atoms with E-state index in [4.69, 9.17) is 0 Å². The molecule has 0 aromatic carbocycles. The Bertz CT molecular complexity index is 510. The lowest BCUT2D eigenvalue weighted by Gasteiger charge is -2.07. The van der Waals surface area contributed by atoms with Crippen LogP contribution in [0.5, 0.6) is 0 Å². The maximum Gasteiger partial charge on any atom is 0.140 e. The minimum atomic E-state index is 0.786. The highest BCUT2D eigenvalue weighted by molar-refractivity contribution is 9.11. The molecule has 0 spiro atoms. The zero-order chi connectivity index (χ0) is 12.3. The molecular weight excluding hydrogens is 348 g/mol. The van der Waals surface area contributed by atoms with Crippen LogP contribution in [0.15, 0.2) is 33.6 Å². The van der Waals surface area contributed by atoms with E-state index in [1.807, 2.05) is 30.1 Å². The third kappa shape index (κ3) is 3.54. The van der Waals surface area contributed by atoms with E-state index in [9.17, 15) is 0 Å². The molecule has 17 heavy (non-hydrogen) atoms. The molecule has 1 N–H and O–H groups in total. The second kappa shape index (κ2) is 5.64. The van der Waals surface area contributed by atoms with Gasteiger partial charge >= 0.3 is 0 Å². The third-order valence-corrected chi connectivity index (χ3v) is 3.24. The number of hydrogen-bond donors (Lipinski definition) is 1. The molecule has 0 aliphatic heterocycles. The van der Waals surface area contributed by atoms with Crippen LogP contribution in [0.1, 0.15) is 5.56 Å². The zero-order valence-electron chi connectivity index (χ0n) is 9.32. The number of pyridine rings is 1. The number of nitrogens with zero attached hydrogens (tertiary/aromatic N) is 3. The van der Waals surface area contributed by atoms with Crippen LogP contribution in [0.25, 0.3) is 0 Å². The lowest BCUT2D eigenvalue weighted by atomic mass is 10.4. The first kappa shape index (κ1) is 12.6. The summed E-state index contributed by atoms with van der Waals surface area (Å²) < 4.78 is 3.82. The molecule has 0 radical (unpaired) electrons. The Balaban J connectivity index is 1.90. The largest absolute Gasteiger partial charge is 0.367 e. The van der Waals surface area contributed by atoms with Crippen LogP contribution in [0.4, 0.5) is 5.82 Å². The van der Waals surface area contributed by atoms with Gasteiger partial charge in [-0.3, -0.25) is 4.68 Å². The SMILES string of the molecule is Cc1cnn(CCNc2ncc(Br)cc2Br)c1. The van der Waals surface area contributed by atoms with Crippen molar-refractivity contribution in [3.8, 4) is 0 Å². The molecular formula is C11H12Br2N4. The lowest BCUT2D eigenvalue weighted by Crippen LogP contribution is -2.11. The number of anilines is 1. The van der Waals surface area contributed by atoms with E-state index in [0.29, 0.717) is 0 Å². The second-order valence-corrected chi connectivity index (χ2v) is 5.46. The van der Waals surface area contributed by atoms with Gasteiger partial charge in [0.1, 0.15) is 5.82 Å². The van der Waals surface area contributed by atoms with Crippen LogP contribution < -0.4 is 5.32 Å². The topological polar surface area (TPSA) is 42.7 Å².